The van der Waals surface area contributed by atoms with Gasteiger partial charge in [0.1, 0.15) is 35.3 Å². The third-order valence-corrected chi connectivity index (χ3v) is 8.44. The van der Waals surface area contributed by atoms with Gasteiger partial charge >= 0.3 is 0 Å². The first-order valence-electron chi connectivity index (χ1n) is 17.9. The molecule has 0 atom stereocenters. The average molecular weight is 590 g/mol. The fourth-order valence-electron chi connectivity index (χ4n) is 5.65. The summed E-state index contributed by atoms with van der Waals surface area (Å²) in [6.07, 6.45) is 33.2. The lowest BCUT2D eigenvalue weighted by atomic mass is 10.1. The Hall–Kier alpha value is -2.75. The van der Waals surface area contributed by atoms with Crippen molar-refractivity contribution in [3.05, 3.63) is 67.3 Å². The third-order valence-electron chi connectivity index (χ3n) is 8.44. The molecule has 0 radical (unpaired) electrons. The van der Waals surface area contributed by atoms with E-state index in [1.54, 1.807) is 0 Å². The first kappa shape index (κ1) is 34.7. The molecule has 0 amide bonds. The van der Waals surface area contributed by atoms with Crippen LogP contribution in [0.1, 0.15) is 142 Å². The predicted molar refractivity (Wildman–Crippen MR) is 182 cm³/mol. The molecule has 3 aromatic rings. The Morgan fingerprint density at radius 2 is 0.884 bits per heavy atom. The maximum Gasteiger partial charge on any atom is 0.254 e. The molecule has 3 rings (SSSR count). The summed E-state index contributed by atoms with van der Waals surface area (Å²) in [6.45, 7) is 6.17. The van der Waals surface area contributed by atoms with Crippen LogP contribution in [0.3, 0.4) is 0 Å². The summed E-state index contributed by atoms with van der Waals surface area (Å²) in [6, 6.07) is 16.8. The second-order valence-electron chi connectivity index (χ2n) is 12.3. The zero-order valence-electron chi connectivity index (χ0n) is 27.6. The highest BCUT2D eigenvalue weighted by atomic mass is 16.5. The van der Waals surface area contributed by atoms with Crippen molar-refractivity contribution in [1.29, 1.82) is 0 Å². The van der Waals surface area contributed by atoms with Gasteiger partial charge in [0.15, 0.2) is 0 Å². The van der Waals surface area contributed by atoms with Crippen molar-refractivity contribution < 1.29 is 14.0 Å². The van der Waals surface area contributed by atoms with Gasteiger partial charge in [-0.25, -0.2) is 9.13 Å². The fourth-order valence-corrected chi connectivity index (χ4v) is 5.65. The van der Waals surface area contributed by atoms with E-state index >= 15 is 0 Å². The molecule has 43 heavy (non-hydrogen) atoms. The number of unbranched alkanes of at least 4 members (excludes halogenated alkanes) is 18. The summed E-state index contributed by atoms with van der Waals surface area (Å²) in [7, 11) is 0. The van der Waals surface area contributed by atoms with Crippen LogP contribution >= 0.6 is 0 Å². The topological polar surface area (TPSA) is 27.3 Å². The van der Waals surface area contributed by atoms with Crippen molar-refractivity contribution in [2.24, 2.45) is 0 Å². The van der Waals surface area contributed by atoms with E-state index in [1.165, 1.54) is 116 Å². The summed E-state index contributed by atoms with van der Waals surface area (Å²) in [5, 5.41) is 0. The van der Waals surface area contributed by atoms with Crippen LogP contribution in [0.2, 0.25) is 0 Å². The van der Waals surface area contributed by atoms with Crippen molar-refractivity contribution >= 4 is 0 Å². The van der Waals surface area contributed by atoms with Crippen LogP contribution in [-0.2, 0) is 0 Å². The Bertz CT molecular complexity index is 974. The molecule has 0 bridgehead atoms. The van der Waals surface area contributed by atoms with Gasteiger partial charge in [-0.05, 0) is 61.4 Å². The maximum absolute atomic E-state index is 6.00. The van der Waals surface area contributed by atoms with Gasteiger partial charge in [0.2, 0.25) is 0 Å². The van der Waals surface area contributed by atoms with E-state index < -0.39 is 0 Å². The summed E-state index contributed by atoms with van der Waals surface area (Å²) >= 11 is 0. The van der Waals surface area contributed by atoms with Gasteiger partial charge < -0.3 is 9.47 Å². The lowest BCUT2D eigenvalue weighted by Crippen LogP contribution is -2.27. The summed E-state index contributed by atoms with van der Waals surface area (Å²) in [5.74, 6) is 1.90. The molecule has 0 saturated carbocycles. The molecule has 4 nitrogen and oxygen atoms in total. The van der Waals surface area contributed by atoms with E-state index in [2.05, 4.69) is 90.2 Å². The average Bonchev–Trinajstić information content (AvgIpc) is 3.53. The number of ether oxygens (including phenoxy) is 2. The molecule has 238 valence electrons. The molecule has 1 aromatic heterocycles. The van der Waals surface area contributed by atoms with Crippen molar-refractivity contribution in [3.63, 3.8) is 0 Å². The van der Waals surface area contributed by atoms with E-state index in [4.69, 9.17) is 9.47 Å². The highest BCUT2D eigenvalue weighted by Crippen LogP contribution is 2.18. The molecular weight excluding hydrogens is 528 g/mol. The molecule has 0 saturated heterocycles. The lowest BCUT2D eigenvalue weighted by Gasteiger charge is -2.07. The van der Waals surface area contributed by atoms with E-state index in [0.717, 1.165) is 48.9 Å². The first-order valence-corrected chi connectivity index (χ1v) is 17.9. The quantitative estimate of drug-likeness (QED) is 0.0688. The monoisotopic (exact) mass is 589 g/mol. The van der Waals surface area contributed by atoms with E-state index in [0.29, 0.717) is 0 Å². The van der Waals surface area contributed by atoms with E-state index in [9.17, 15) is 0 Å². The van der Waals surface area contributed by atoms with Gasteiger partial charge in [-0.2, -0.15) is 0 Å². The summed E-state index contributed by atoms with van der Waals surface area (Å²) < 4.78 is 16.3. The zero-order valence-corrected chi connectivity index (χ0v) is 27.6. The second-order valence-corrected chi connectivity index (χ2v) is 12.3. The Balaban J connectivity index is 1.27. The van der Waals surface area contributed by atoms with Crippen LogP contribution in [-0.4, -0.2) is 17.8 Å². The number of benzene rings is 2. The number of hydrogen-bond acceptors (Lipinski definition) is 2. The van der Waals surface area contributed by atoms with Gasteiger partial charge in [-0.1, -0.05) is 129 Å². The summed E-state index contributed by atoms with van der Waals surface area (Å²) in [5.41, 5.74) is 2.25. The molecule has 2 aromatic carbocycles. The van der Waals surface area contributed by atoms with Crippen LogP contribution < -0.4 is 14.0 Å². The summed E-state index contributed by atoms with van der Waals surface area (Å²) in [4.78, 5) is 0. The van der Waals surface area contributed by atoms with Crippen molar-refractivity contribution in [3.8, 4) is 22.9 Å². The molecule has 0 unspecified atom stereocenters. The van der Waals surface area contributed by atoms with Crippen LogP contribution in [0, 0.1) is 0 Å². The number of hydrogen-bond donors (Lipinski definition) is 0. The highest BCUT2D eigenvalue weighted by molar-refractivity contribution is 5.37. The third kappa shape index (κ3) is 15.0. The van der Waals surface area contributed by atoms with Crippen LogP contribution in [0.5, 0.6) is 11.5 Å². The standard InChI is InChI=1S/C39H61N2O2/c1-3-5-7-9-11-13-15-17-19-21-33-42-38-27-23-36(24-28-38)40-31-32-41(35-40)37-25-29-39(30-26-37)43-34-22-20-18-16-14-12-10-8-6-4-2/h23-32,35H,3-22,33-34H2,1-2H3/q+1. The molecule has 0 spiro atoms. The molecule has 0 fully saturated rings. The molecule has 0 aliphatic rings. The van der Waals surface area contributed by atoms with Gasteiger partial charge in [-0.3, -0.25) is 0 Å². The number of imidazole rings is 1. The van der Waals surface area contributed by atoms with Crippen LogP contribution in [0.15, 0.2) is 67.3 Å². The number of aromatic nitrogens is 2. The first-order chi connectivity index (χ1) is 21.3. The number of nitrogens with zero attached hydrogens (tertiary/aromatic N) is 2. The fraction of sp³-hybridized carbons (Fsp3) is 0.615. The second kappa shape index (κ2) is 22.7. The van der Waals surface area contributed by atoms with Crippen LogP contribution in [0.25, 0.3) is 11.4 Å². The smallest absolute Gasteiger partial charge is 0.254 e. The van der Waals surface area contributed by atoms with E-state index in [-0.39, 0.29) is 0 Å². The molecule has 0 N–H and O–H groups in total. The minimum atomic E-state index is 0.804. The Morgan fingerprint density at radius 1 is 0.488 bits per heavy atom. The minimum Gasteiger partial charge on any atom is -0.494 e. The minimum absolute atomic E-state index is 0.804. The molecule has 0 aliphatic heterocycles. The SMILES string of the molecule is CCCCCCCCCCCCOc1ccc(-n2cc[n+](-c3ccc(OCCCCCCCCCCCC)cc3)c2)cc1. The zero-order chi connectivity index (χ0) is 30.2. The molecule has 4 heteroatoms. The molecule has 0 aliphatic carbocycles. The predicted octanol–water partition coefficient (Wildman–Crippen LogP) is 11.4. The highest BCUT2D eigenvalue weighted by Gasteiger charge is 2.09. The Kier molecular flexibility index (Phi) is 18.4. The maximum atomic E-state index is 6.00. The molecule has 1 heterocycles. The normalized spacial score (nSPS) is 11.2. The van der Waals surface area contributed by atoms with E-state index in [1.807, 2.05) is 0 Å². The molecular formula is C39H61N2O2+. The number of rotatable bonds is 26. The van der Waals surface area contributed by atoms with Gasteiger partial charge in [0, 0.05) is 0 Å². The Morgan fingerprint density at radius 3 is 1.33 bits per heavy atom. The largest absolute Gasteiger partial charge is 0.494 e. The van der Waals surface area contributed by atoms with Crippen molar-refractivity contribution in [1.82, 2.24) is 4.57 Å². The van der Waals surface area contributed by atoms with Gasteiger partial charge in [-0.15, -0.1) is 0 Å². The Labute approximate surface area is 263 Å². The van der Waals surface area contributed by atoms with Crippen molar-refractivity contribution in [2.45, 2.75) is 142 Å². The van der Waals surface area contributed by atoms with Gasteiger partial charge in [0.05, 0.1) is 13.2 Å². The van der Waals surface area contributed by atoms with Crippen molar-refractivity contribution in [2.75, 3.05) is 13.2 Å². The van der Waals surface area contributed by atoms with Crippen LogP contribution in [0.4, 0.5) is 0 Å². The van der Waals surface area contributed by atoms with Gasteiger partial charge in [0.25, 0.3) is 6.33 Å². The lowest BCUT2D eigenvalue weighted by molar-refractivity contribution is -0.594.